The average Bonchev–Trinajstić information content (AvgIpc) is 3.82. The largest absolute Gasteiger partial charge is 0.497 e. The summed E-state index contributed by atoms with van der Waals surface area (Å²) in [5, 5.41) is 1.57. The molecule has 2 aliphatic carbocycles. The Morgan fingerprint density at radius 3 is 2.55 bits per heavy atom. The van der Waals surface area contributed by atoms with Gasteiger partial charge >= 0.3 is 5.97 Å². The highest BCUT2D eigenvalue weighted by Crippen LogP contribution is 2.54. The van der Waals surface area contributed by atoms with E-state index in [0.717, 1.165) is 25.7 Å². The van der Waals surface area contributed by atoms with Crippen molar-refractivity contribution in [1.29, 1.82) is 0 Å². The lowest BCUT2D eigenvalue weighted by Crippen LogP contribution is -2.53. The second-order valence-electron chi connectivity index (χ2n) is 15.3. The van der Waals surface area contributed by atoms with E-state index >= 15 is 9.18 Å². The molecule has 4 aliphatic rings. The van der Waals surface area contributed by atoms with Crippen molar-refractivity contribution in [3.63, 3.8) is 0 Å². The average molecular weight is 756 g/mol. The molecular formula is C39H51ClFN5O7. The number of hydrazine groups is 1. The number of amides is 2. The van der Waals surface area contributed by atoms with E-state index < -0.39 is 29.2 Å². The highest BCUT2D eigenvalue weighted by Gasteiger charge is 2.54. The first-order valence-corrected chi connectivity index (χ1v) is 18.6. The number of carbonyl (C=O) groups excluding carboxylic acids is 3. The summed E-state index contributed by atoms with van der Waals surface area (Å²) in [6, 6.07) is 5.69. The summed E-state index contributed by atoms with van der Waals surface area (Å²) < 4.78 is 38.9. The van der Waals surface area contributed by atoms with Crippen LogP contribution in [0.5, 0.6) is 17.2 Å². The van der Waals surface area contributed by atoms with Crippen LogP contribution in [0, 0.1) is 22.6 Å². The number of ether oxygens (including phenoxy) is 4. The Bertz CT molecular complexity index is 1800. The number of hydrogen-bond donors (Lipinski definition) is 2. The SMILES string of the molecule is COc1ccc(COC(=O)[C@@]2(C)CCCC[C@H]2C(=O)N2CCc3c(Cl)cc(F)c(OC/C(N)=C(\C)N(C)N)c3[C@H]2CN2CC3(CC3)CC2=O)c(OC)c1. The summed E-state index contributed by atoms with van der Waals surface area (Å²) in [5.74, 6) is 4.78. The van der Waals surface area contributed by atoms with Crippen LogP contribution >= 0.6 is 11.6 Å². The lowest BCUT2D eigenvalue weighted by Gasteiger charge is -2.45. The van der Waals surface area contributed by atoms with Crippen molar-refractivity contribution in [1.82, 2.24) is 14.8 Å². The standard InChI is InChI=1S/C39H51ClFN5O7/c1-23(44(3)43)30(42)21-52-35-29(41)17-28(40)26-11-15-46(31(34(26)35)19-45-22-39(13-14-39)18-33(45)47)36(48)27-8-6-7-12-38(27,2)37(49)53-20-24-9-10-25(50-4)16-32(24)51-5/h9-10,16-17,27,31H,6-8,11-15,18-22,42-43H2,1-5H3/b30-23-/t27-,31+,38-/m0/s1. The van der Waals surface area contributed by atoms with Crippen LogP contribution in [0.25, 0.3) is 0 Å². The van der Waals surface area contributed by atoms with Gasteiger partial charge in [0.2, 0.25) is 11.8 Å². The summed E-state index contributed by atoms with van der Waals surface area (Å²) in [7, 11) is 4.73. The minimum absolute atomic E-state index is 0.000758. The van der Waals surface area contributed by atoms with Gasteiger partial charge in [0.25, 0.3) is 0 Å². The zero-order chi connectivity index (χ0) is 38.2. The number of hydrogen-bond acceptors (Lipinski definition) is 10. The van der Waals surface area contributed by atoms with Crippen LogP contribution in [0.2, 0.25) is 5.02 Å². The molecule has 1 spiro atoms. The summed E-state index contributed by atoms with van der Waals surface area (Å²) >= 11 is 6.71. The molecule has 6 rings (SSSR count). The van der Waals surface area contributed by atoms with Crippen molar-refractivity contribution in [3.8, 4) is 17.2 Å². The smallest absolute Gasteiger partial charge is 0.312 e. The van der Waals surface area contributed by atoms with Crippen LogP contribution in [-0.2, 0) is 32.1 Å². The van der Waals surface area contributed by atoms with E-state index in [1.165, 1.54) is 18.2 Å². The zero-order valence-corrected chi connectivity index (χ0v) is 32.0. The molecule has 4 N–H and O–H groups in total. The van der Waals surface area contributed by atoms with E-state index in [1.54, 1.807) is 56.0 Å². The van der Waals surface area contributed by atoms with E-state index in [1.807, 2.05) is 0 Å². The monoisotopic (exact) mass is 755 g/mol. The van der Waals surface area contributed by atoms with Crippen molar-refractivity contribution in [3.05, 3.63) is 63.2 Å². The predicted octanol–water partition coefficient (Wildman–Crippen LogP) is 5.25. The van der Waals surface area contributed by atoms with Crippen molar-refractivity contribution >= 4 is 29.4 Å². The predicted molar refractivity (Wildman–Crippen MR) is 196 cm³/mol. The maximum atomic E-state index is 16.0. The van der Waals surface area contributed by atoms with E-state index in [0.29, 0.717) is 71.8 Å². The van der Waals surface area contributed by atoms with Gasteiger partial charge in [0.1, 0.15) is 24.7 Å². The van der Waals surface area contributed by atoms with Gasteiger partial charge < -0.3 is 39.5 Å². The highest BCUT2D eigenvalue weighted by atomic mass is 35.5. The minimum atomic E-state index is -1.13. The van der Waals surface area contributed by atoms with Gasteiger partial charge in [-0.1, -0.05) is 24.4 Å². The molecule has 0 unspecified atom stereocenters. The van der Waals surface area contributed by atoms with Crippen LogP contribution in [0.4, 0.5) is 4.39 Å². The Balaban J connectivity index is 1.33. The second kappa shape index (κ2) is 15.3. The van der Waals surface area contributed by atoms with Crippen molar-refractivity contribution < 1.29 is 37.7 Å². The molecule has 12 nitrogen and oxygen atoms in total. The number of esters is 1. The van der Waals surface area contributed by atoms with E-state index in [2.05, 4.69) is 0 Å². The molecule has 2 aliphatic heterocycles. The Morgan fingerprint density at radius 1 is 1.13 bits per heavy atom. The number of halogens is 2. The molecule has 2 aromatic carbocycles. The summed E-state index contributed by atoms with van der Waals surface area (Å²) in [6.45, 7) is 4.27. The molecule has 288 valence electrons. The maximum Gasteiger partial charge on any atom is 0.312 e. The van der Waals surface area contributed by atoms with E-state index in [-0.39, 0.29) is 54.3 Å². The first kappa shape index (κ1) is 38.5. The maximum absolute atomic E-state index is 16.0. The summed E-state index contributed by atoms with van der Waals surface area (Å²) in [6.07, 6.45) is 5.15. The molecular weight excluding hydrogens is 705 g/mol. The molecule has 3 fully saturated rings. The first-order chi connectivity index (χ1) is 25.2. The Hall–Kier alpha value is -4.23. The summed E-state index contributed by atoms with van der Waals surface area (Å²) in [5.41, 5.74) is 7.68. The molecule has 2 heterocycles. The highest BCUT2D eigenvalue weighted by molar-refractivity contribution is 6.31. The van der Waals surface area contributed by atoms with Crippen molar-refractivity contribution in [2.75, 3.05) is 47.5 Å². The van der Waals surface area contributed by atoms with E-state index in [4.69, 9.17) is 42.1 Å². The van der Waals surface area contributed by atoms with Gasteiger partial charge in [0.15, 0.2) is 11.6 Å². The number of allylic oxidation sites excluding steroid dienone is 1. The minimum Gasteiger partial charge on any atom is -0.497 e. The lowest BCUT2D eigenvalue weighted by atomic mass is 9.66. The summed E-state index contributed by atoms with van der Waals surface area (Å²) in [4.78, 5) is 46.0. The van der Waals surface area contributed by atoms with Crippen LogP contribution in [-0.4, -0.2) is 80.1 Å². The molecule has 0 radical (unpaired) electrons. The van der Waals surface area contributed by atoms with Gasteiger partial charge in [-0.05, 0) is 75.1 Å². The number of likely N-dealkylation sites (tertiary alicyclic amines) is 1. The molecule has 0 bridgehead atoms. The molecule has 2 amide bonds. The number of methoxy groups -OCH3 is 2. The number of nitrogens with two attached hydrogens (primary N) is 2. The number of rotatable bonds is 12. The molecule has 53 heavy (non-hydrogen) atoms. The molecule has 3 atom stereocenters. The molecule has 2 aromatic rings. The van der Waals surface area contributed by atoms with Crippen LogP contribution in [0.1, 0.15) is 81.5 Å². The van der Waals surface area contributed by atoms with Crippen LogP contribution < -0.4 is 25.8 Å². The van der Waals surface area contributed by atoms with Gasteiger partial charge in [-0.25, -0.2) is 10.2 Å². The molecule has 14 heteroatoms. The third-order valence-corrected chi connectivity index (χ3v) is 12.2. The van der Waals surface area contributed by atoms with Crippen molar-refractivity contribution in [2.24, 2.45) is 28.3 Å². The Morgan fingerprint density at radius 2 is 1.89 bits per heavy atom. The first-order valence-electron chi connectivity index (χ1n) is 18.3. The number of fused-ring (bicyclic) bond motifs is 1. The van der Waals surface area contributed by atoms with Gasteiger partial charge in [-0.3, -0.25) is 14.4 Å². The fraction of sp³-hybridized carbons (Fsp3) is 0.564. The van der Waals surface area contributed by atoms with Gasteiger partial charge in [-0.2, -0.15) is 0 Å². The van der Waals surface area contributed by atoms with E-state index in [9.17, 15) is 9.59 Å². The quantitative estimate of drug-likeness (QED) is 0.167. The topological polar surface area (TPSA) is 150 Å². The van der Waals surface area contributed by atoms with Gasteiger partial charge in [0, 0.05) is 61.0 Å². The van der Waals surface area contributed by atoms with Crippen LogP contribution in [0.15, 0.2) is 35.7 Å². The molecule has 2 saturated carbocycles. The Kier molecular flexibility index (Phi) is 11.1. The zero-order valence-electron chi connectivity index (χ0n) is 31.3. The molecule has 0 aromatic heterocycles. The Labute approximate surface area is 315 Å². The van der Waals surface area contributed by atoms with Crippen molar-refractivity contribution in [2.45, 2.75) is 77.9 Å². The fourth-order valence-corrected chi connectivity index (χ4v) is 8.50. The van der Waals surface area contributed by atoms with Gasteiger partial charge in [-0.15, -0.1) is 0 Å². The van der Waals surface area contributed by atoms with Crippen LogP contribution in [0.3, 0.4) is 0 Å². The number of benzene rings is 2. The third kappa shape index (κ3) is 7.60. The number of nitrogens with zero attached hydrogens (tertiary/aromatic N) is 3. The number of carbonyl (C=O) groups is 3. The molecule has 1 saturated heterocycles. The lowest BCUT2D eigenvalue weighted by molar-refractivity contribution is -0.169. The fourth-order valence-electron chi connectivity index (χ4n) is 8.21. The third-order valence-electron chi connectivity index (χ3n) is 11.9. The normalized spacial score (nSPS) is 23.7. The van der Waals surface area contributed by atoms with Gasteiger partial charge in [0.05, 0.1) is 37.3 Å². The second-order valence-corrected chi connectivity index (χ2v) is 15.7.